The Morgan fingerprint density at radius 1 is 1.00 bits per heavy atom. The minimum absolute atomic E-state index is 0.505. The zero-order valence-electron chi connectivity index (χ0n) is 8.54. The van der Waals surface area contributed by atoms with Crippen molar-refractivity contribution < 1.29 is 0 Å². The average molecular weight is 210 g/mol. The van der Waals surface area contributed by atoms with E-state index in [1.54, 1.807) is 16.9 Å². The third-order valence-electron chi connectivity index (χ3n) is 2.44. The molecule has 4 heteroatoms. The summed E-state index contributed by atoms with van der Waals surface area (Å²) in [5, 5.41) is 5.29. The van der Waals surface area contributed by atoms with Gasteiger partial charge >= 0.3 is 0 Å². The first-order chi connectivity index (χ1) is 7.84. The van der Waals surface area contributed by atoms with E-state index in [0.717, 1.165) is 16.7 Å². The van der Waals surface area contributed by atoms with Gasteiger partial charge < -0.3 is 5.73 Å². The fourth-order valence-electron chi connectivity index (χ4n) is 1.68. The number of para-hydroxylation sites is 1. The van der Waals surface area contributed by atoms with E-state index in [4.69, 9.17) is 5.73 Å². The van der Waals surface area contributed by atoms with Crippen molar-refractivity contribution in [1.82, 2.24) is 14.8 Å². The second kappa shape index (κ2) is 3.34. The summed E-state index contributed by atoms with van der Waals surface area (Å²) < 4.78 is 1.78. The molecule has 1 aromatic carbocycles. The number of hydrogen-bond acceptors (Lipinski definition) is 3. The molecule has 0 spiro atoms. The summed E-state index contributed by atoms with van der Waals surface area (Å²) in [5.41, 5.74) is 7.44. The van der Waals surface area contributed by atoms with Crippen LogP contribution in [-0.4, -0.2) is 14.8 Å². The van der Waals surface area contributed by atoms with Crippen LogP contribution in [0.25, 0.3) is 16.7 Å². The molecule has 16 heavy (non-hydrogen) atoms. The normalized spacial score (nSPS) is 10.8. The van der Waals surface area contributed by atoms with Crippen molar-refractivity contribution in [2.45, 2.75) is 0 Å². The molecule has 3 rings (SSSR count). The summed E-state index contributed by atoms with van der Waals surface area (Å²) >= 11 is 0. The minimum Gasteiger partial charge on any atom is -0.384 e. The molecule has 0 saturated heterocycles. The van der Waals surface area contributed by atoms with E-state index in [1.165, 1.54) is 0 Å². The number of rotatable bonds is 1. The van der Waals surface area contributed by atoms with Crippen LogP contribution in [0.3, 0.4) is 0 Å². The van der Waals surface area contributed by atoms with Crippen molar-refractivity contribution in [2.24, 2.45) is 0 Å². The van der Waals surface area contributed by atoms with Gasteiger partial charge in [0.25, 0.3) is 0 Å². The molecule has 78 valence electrons. The maximum atomic E-state index is 5.68. The van der Waals surface area contributed by atoms with Gasteiger partial charge in [-0.2, -0.15) is 5.10 Å². The van der Waals surface area contributed by atoms with E-state index in [-0.39, 0.29) is 0 Å². The summed E-state index contributed by atoms with van der Waals surface area (Å²) in [4.78, 5) is 4.29. The Morgan fingerprint density at radius 3 is 2.62 bits per heavy atom. The van der Waals surface area contributed by atoms with Gasteiger partial charge in [0.1, 0.15) is 5.82 Å². The lowest BCUT2D eigenvalue weighted by atomic mass is 10.3. The Bertz CT molecular complexity index is 628. The van der Waals surface area contributed by atoms with Gasteiger partial charge in [-0.1, -0.05) is 18.2 Å². The standard InChI is InChI=1S/C12H10N4/c13-11-7-6-9-8-14-16(12(9)15-11)10-4-2-1-3-5-10/h1-8H,(H2,13,15). The maximum absolute atomic E-state index is 5.68. The highest BCUT2D eigenvalue weighted by Crippen LogP contribution is 2.17. The van der Waals surface area contributed by atoms with Crippen LogP contribution in [0.5, 0.6) is 0 Å². The summed E-state index contributed by atoms with van der Waals surface area (Å²) in [6.45, 7) is 0. The largest absolute Gasteiger partial charge is 0.384 e. The van der Waals surface area contributed by atoms with E-state index in [0.29, 0.717) is 5.82 Å². The van der Waals surface area contributed by atoms with Crippen molar-refractivity contribution in [2.75, 3.05) is 5.73 Å². The van der Waals surface area contributed by atoms with E-state index in [9.17, 15) is 0 Å². The Morgan fingerprint density at radius 2 is 1.81 bits per heavy atom. The topological polar surface area (TPSA) is 56.7 Å². The first-order valence-electron chi connectivity index (χ1n) is 5.00. The molecule has 0 aliphatic rings. The predicted octanol–water partition coefficient (Wildman–Crippen LogP) is 2.00. The zero-order chi connectivity index (χ0) is 11.0. The van der Waals surface area contributed by atoms with Crippen molar-refractivity contribution in [3.8, 4) is 5.69 Å². The van der Waals surface area contributed by atoms with Crippen LogP contribution in [0.2, 0.25) is 0 Å². The third-order valence-corrected chi connectivity index (χ3v) is 2.44. The fourth-order valence-corrected chi connectivity index (χ4v) is 1.68. The third kappa shape index (κ3) is 1.32. The molecular weight excluding hydrogens is 200 g/mol. The monoisotopic (exact) mass is 210 g/mol. The highest BCUT2D eigenvalue weighted by atomic mass is 15.3. The lowest BCUT2D eigenvalue weighted by Gasteiger charge is -2.02. The van der Waals surface area contributed by atoms with Crippen molar-refractivity contribution in [3.63, 3.8) is 0 Å². The molecule has 0 unspecified atom stereocenters. The predicted molar refractivity (Wildman–Crippen MR) is 63.3 cm³/mol. The first-order valence-corrected chi connectivity index (χ1v) is 5.00. The van der Waals surface area contributed by atoms with Crippen LogP contribution >= 0.6 is 0 Å². The molecule has 0 aliphatic carbocycles. The Balaban J connectivity index is 2.29. The smallest absolute Gasteiger partial charge is 0.165 e. The maximum Gasteiger partial charge on any atom is 0.165 e. The van der Waals surface area contributed by atoms with Crippen LogP contribution in [0, 0.1) is 0 Å². The van der Waals surface area contributed by atoms with Crippen LogP contribution in [-0.2, 0) is 0 Å². The number of nitrogens with zero attached hydrogens (tertiary/aromatic N) is 3. The van der Waals surface area contributed by atoms with Crippen molar-refractivity contribution in [3.05, 3.63) is 48.7 Å². The quantitative estimate of drug-likeness (QED) is 0.668. The number of hydrogen-bond donors (Lipinski definition) is 1. The molecule has 0 aliphatic heterocycles. The van der Waals surface area contributed by atoms with E-state index in [2.05, 4.69) is 10.1 Å². The Kier molecular flexibility index (Phi) is 1.86. The van der Waals surface area contributed by atoms with E-state index < -0.39 is 0 Å². The number of benzene rings is 1. The number of nitrogens with two attached hydrogens (primary N) is 1. The zero-order valence-corrected chi connectivity index (χ0v) is 8.54. The second-order valence-corrected chi connectivity index (χ2v) is 3.54. The van der Waals surface area contributed by atoms with Gasteiger partial charge in [-0.15, -0.1) is 0 Å². The second-order valence-electron chi connectivity index (χ2n) is 3.54. The molecule has 0 atom stereocenters. The van der Waals surface area contributed by atoms with Crippen molar-refractivity contribution >= 4 is 16.9 Å². The van der Waals surface area contributed by atoms with Gasteiger partial charge in [-0.25, -0.2) is 9.67 Å². The Hall–Kier alpha value is -2.36. The van der Waals surface area contributed by atoms with E-state index in [1.807, 2.05) is 36.4 Å². The van der Waals surface area contributed by atoms with Gasteiger partial charge in [-0.3, -0.25) is 0 Å². The summed E-state index contributed by atoms with van der Waals surface area (Å²) in [5.74, 6) is 0.505. The van der Waals surface area contributed by atoms with Gasteiger partial charge in [-0.05, 0) is 24.3 Å². The number of nitrogen functional groups attached to an aromatic ring is 1. The number of anilines is 1. The molecule has 0 bridgehead atoms. The number of aromatic nitrogens is 3. The number of pyridine rings is 1. The lowest BCUT2D eigenvalue weighted by Crippen LogP contribution is -1.98. The van der Waals surface area contributed by atoms with Gasteiger partial charge in [0.05, 0.1) is 11.9 Å². The summed E-state index contributed by atoms with van der Waals surface area (Å²) in [7, 11) is 0. The van der Waals surface area contributed by atoms with E-state index >= 15 is 0 Å². The SMILES string of the molecule is Nc1ccc2cnn(-c3ccccc3)c2n1. The number of fused-ring (bicyclic) bond motifs is 1. The van der Waals surface area contributed by atoms with Gasteiger partial charge in [0, 0.05) is 5.39 Å². The van der Waals surface area contributed by atoms with Gasteiger partial charge in [0.15, 0.2) is 5.65 Å². The average Bonchev–Trinajstić information content (AvgIpc) is 2.73. The first kappa shape index (κ1) is 8.91. The highest BCUT2D eigenvalue weighted by molar-refractivity contribution is 5.77. The van der Waals surface area contributed by atoms with Crippen LogP contribution in [0.1, 0.15) is 0 Å². The van der Waals surface area contributed by atoms with Gasteiger partial charge in [0.2, 0.25) is 0 Å². The highest BCUT2D eigenvalue weighted by Gasteiger charge is 2.05. The molecule has 0 radical (unpaired) electrons. The van der Waals surface area contributed by atoms with Crippen LogP contribution in [0.4, 0.5) is 5.82 Å². The fraction of sp³-hybridized carbons (Fsp3) is 0. The van der Waals surface area contributed by atoms with Crippen molar-refractivity contribution in [1.29, 1.82) is 0 Å². The molecule has 0 fully saturated rings. The van der Waals surface area contributed by atoms with Crippen LogP contribution in [0.15, 0.2) is 48.7 Å². The molecular formula is C12H10N4. The molecule has 0 saturated carbocycles. The lowest BCUT2D eigenvalue weighted by molar-refractivity contribution is 0.898. The minimum atomic E-state index is 0.505. The molecule has 3 aromatic rings. The Labute approximate surface area is 92.3 Å². The molecule has 0 amide bonds. The van der Waals surface area contributed by atoms with Crippen LogP contribution < -0.4 is 5.73 Å². The molecule has 2 heterocycles. The molecule has 2 aromatic heterocycles. The molecule has 4 nitrogen and oxygen atoms in total. The summed E-state index contributed by atoms with van der Waals surface area (Å²) in [6.07, 6.45) is 1.79. The summed E-state index contributed by atoms with van der Waals surface area (Å²) in [6, 6.07) is 13.6. The molecule has 2 N–H and O–H groups in total.